The van der Waals surface area contributed by atoms with Crippen LogP contribution in [0.5, 0.6) is 11.5 Å². The molecule has 1 aromatic heterocycles. The maximum Gasteiger partial charge on any atom is 0.262 e. The smallest absolute Gasteiger partial charge is 0.262 e. The van der Waals surface area contributed by atoms with Gasteiger partial charge in [-0.3, -0.25) is 4.79 Å². The molecule has 0 aliphatic rings. The number of hydrogen-bond donors (Lipinski definition) is 0. The van der Waals surface area contributed by atoms with Crippen molar-refractivity contribution < 1.29 is 18.7 Å². The quantitative estimate of drug-likeness (QED) is 0.658. The van der Waals surface area contributed by atoms with Crippen LogP contribution >= 0.6 is 0 Å². The molecule has 0 aliphatic heterocycles. The topological polar surface area (TPSA) is 51.9 Å². The van der Waals surface area contributed by atoms with Gasteiger partial charge in [0, 0.05) is 5.69 Å². The number of aryl methyl sites for hydroxylation is 1. The van der Waals surface area contributed by atoms with Gasteiger partial charge in [0.25, 0.3) is 5.91 Å². The number of furan rings is 1. The zero-order valence-electron chi connectivity index (χ0n) is 15.1. The van der Waals surface area contributed by atoms with Crippen LogP contribution in [0.1, 0.15) is 21.7 Å². The molecule has 3 aromatic rings. The average molecular weight is 351 g/mol. The number of carbonyl (C=O) groups excluding carboxylic acids is 1. The van der Waals surface area contributed by atoms with Crippen molar-refractivity contribution >= 4 is 11.6 Å². The van der Waals surface area contributed by atoms with Gasteiger partial charge in [-0.25, -0.2) is 0 Å². The molecule has 0 atom stereocenters. The Morgan fingerprint density at radius 2 is 1.81 bits per heavy atom. The molecule has 26 heavy (non-hydrogen) atoms. The van der Waals surface area contributed by atoms with Gasteiger partial charge in [-0.15, -0.1) is 0 Å². The second kappa shape index (κ2) is 7.78. The van der Waals surface area contributed by atoms with E-state index in [0.717, 1.165) is 11.3 Å². The van der Waals surface area contributed by atoms with E-state index in [4.69, 9.17) is 13.9 Å². The van der Waals surface area contributed by atoms with E-state index in [2.05, 4.69) is 0 Å². The summed E-state index contributed by atoms with van der Waals surface area (Å²) in [6.07, 6.45) is 1.60. The van der Waals surface area contributed by atoms with E-state index in [9.17, 15) is 4.79 Å². The zero-order valence-corrected chi connectivity index (χ0v) is 15.1. The third kappa shape index (κ3) is 3.72. The minimum absolute atomic E-state index is 0.194. The number of benzene rings is 2. The van der Waals surface area contributed by atoms with Gasteiger partial charge in [0.15, 0.2) is 0 Å². The van der Waals surface area contributed by atoms with E-state index < -0.39 is 0 Å². The lowest BCUT2D eigenvalue weighted by Gasteiger charge is -2.23. The van der Waals surface area contributed by atoms with Crippen molar-refractivity contribution in [3.8, 4) is 11.5 Å². The number of hydrogen-bond acceptors (Lipinski definition) is 4. The number of nitrogens with zero attached hydrogens (tertiary/aromatic N) is 1. The summed E-state index contributed by atoms with van der Waals surface area (Å²) in [5.41, 5.74) is 2.33. The fourth-order valence-electron chi connectivity index (χ4n) is 2.69. The highest BCUT2D eigenvalue weighted by Gasteiger charge is 2.23. The predicted molar refractivity (Wildman–Crippen MR) is 99.9 cm³/mol. The van der Waals surface area contributed by atoms with Crippen LogP contribution in [0.2, 0.25) is 0 Å². The molecule has 5 heteroatoms. The minimum atomic E-state index is -0.194. The molecular weight excluding hydrogens is 330 g/mol. The van der Waals surface area contributed by atoms with Crippen LogP contribution in [0.4, 0.5) is 5.69 Å². The lowest BCUT2D eigenvalue weighted by atomic mass is 10.1. The molecule has 0 bridgehead atoms. The summed E-state index contributed by atoms with van der Waals surface area (Å²) in [6, 6.07) is 16.6. The molecule has 0 saturated heterocycles. The lowest BCUT2D eigenvalue weighted by Crippen LogP contribution is -2.30. The summed E-state index contributed by atoms with van der Waals surface area (Å²) >= 11 is 0. The third-order valence-electron chi connectivity index (χ3n) is 4.12. The summed E-state index contributed by atoms with van der Waals surface area (Å²) in [6.45, 7) is 2.32. The van der Waals surface area contributed by atoms with Crippen LogP contribution in [0.3, 0.4) is 0 Å². The number of ether oxygens (including phenoxy) is 2. The first-order valence-corrected chi connectivity index (χ1v) is 8.25. The molecule has 134 valence electrons. The molecule has 3 rings (SSSR count). The molecule has 1 amide bonds. The first-order valence-electron chi connectivity index (χ1n) is 8.25. The fourth-order valence-corrected chi connectivity index (χ4v) is 2.69. The molecular formula is C21H21NO4. The Morgan fingerprint density at radius 1 is 1.04 bits per heavy atom. The van der Waals surface area contributed by atoms with Crippen LogP contribution in [-0.2, 0) is 6.54 Å². The van der Waals surface area contributed by atoms with Crippen molar-refractivity contribution in [2.75, 3.05) is 19.1 Å². The minimum Gasteiger partial charge on any atom is -0.497 e. The number of methoxy groups -OCH3 is 2. The molecule has 0 unspecified atom stereocenters. The van der Waals surface area contributed by atoms with Crippen molar-refractivity contribution in [1.29, 1.82) is 0 Å². The normalized spacial score (nSPS) is 10.4. The molecule has 0 N–H and O–H groups in total. The van der Waals surface area contributed by atoms with E-state index in [1.807, 2.05) is 37.3 Å². The van der Waals surface area contributed by atoms with E-state index in [1.165, 1.54) is 0 Å². The molecule has 0 fully saturated rings. The van der Waals surface area contributed by atoms with E-state index in [-0.39, 0.29) is 5.91 Å². The lowest BCUT2D eigenvalue weighted by molar-refractivity contribution is 0.0980. The van der Waals surface area contributed by atoms with Gasteiger partial charge in [-0.2, -0.15) is 0 Å². The molecule has 5 nitrogen and oxygen atoms in total. The van der Waals surface area contributed by atoms with E-state index in [0.29, 0.717) is 29.4 Å². The van der Waals surface area contributed by atoms with Crippen molar-refractivity contribution in [3.63, 3.8) is 0 Å². The Kier molecular flexibility index (Phi) is 5.27. The second-order valence-corrected chi connectivity index (χ2v) is 5.87. The molecule has 1 heterocycles. The second-order valence-electron chi connectivity index (χ2n) is 5.87. The summed E-state index contributed by atoms with van der Waals surface area (Å²) in [5.74, 6) is 1.59. The van der Waals surface area contributed by atoms with Crippen molar-refractivity contribution in [2.24, 2.45) is 0 Å². The van der Waals surface area contributed by atoms with Crippen LogP contribution in [0.25, 0.3) is 0 Å². The van der Waals surface area contributed by atoms with Crippen LogP contribution in [0.15, 0.2) is 65.3 Å². The van der Waals surface area contributed by atoms with Crippen molar-refractivity contribution in [2.45, 2.75) is 13.5 Å². The SMILES string of the molecule is COc1ccc(OC)c(C(=O)N(Cc2ccco2)c2ccc(C)cc2)c1. The van der Waals surface area contributed by atoms with Crippen LogP contribution in [0, 0.1) is 6.92 Å². The Balaban J connectivity index is 2.03. The Hall–Kier alpha value is -3.21. The maximum absolute atomic E-state index is 13.4. The van der Waals surface area contributed by atoms with Gasteiger partial charge >= 0.3 is 0 Å². The van der Waals surface area contributed by atoms with Gasteiger partial charge in [-0.05, 0) is 49.4 Å². The number of amides is 1. The third-order valence-corrected chi connectivity index (χ3v) is 4.12. The number of carbonyl (C=O) groups is 1. The Bertz CT molecular complexity index is 870. The maximum atomic E-state index is 13.4. The highest BCUT2D eigenvalue weighted by molar-refractivity contribution is 6.08. The molecule has 0 radical (unpaired) electrons. The van der Waals surface area contributed by atoms with Gasteiger partial charge in [-0.1, -0.05) is 17.7 Å². The van der Waals surface area contributed by atoms with E-state index >= 15 is 0 Å². The van der Waals surface area contributed by atoms with Crippen LogP contribution < -0.4 is 14.4 Å². The molecule has 2 aromatic carbocycles. The Labute approximate surface area is 152 Å². The average Bonchev–Trinajstić information content (AvgIpc) is 3.19. The number of rotatable bonds is 6. The standard InChI is InChI=1S/C21H21NO4/c1-15-6-8-16(9-7-15)22(14-18-5-4-12-26-18)21(23)19-13-17(24-2)10-11-20(19)25-3/h4-13H,14H2,1-3H3. The van der Waals surface area contributed by atoms with Gasteiger partial charge in [0.05, 0.1) is 32.6 Å². The van der Waals surface area contributed by atoms with Crippen molar-refractivity contribution in [1.82, 2.24) is 0 Å². The molecule has 0 aliphatic carbocycles. The molecule has 0 spiro atoms. The molecule has 0 saturated carbocycles. The zero-order chi connectivity index (χ0) is 18.5. The summed E-state index contributed by atoms with van der Waals surface area (Å²) in [4.78, 5) is 15.0. The summed E-state index contributed by atoms with van der Waals surface area (Å²) in [7, 11) is 3.11. The van der Waals surface area contributed by atoms with Gasteiger partial charge in [0.1, 0.15) is 17.3 Å². The van der Waals surface area contributed by atoms with Gasteiger partial charge < -0.3 is 18.8 Å². The van der Waals surface area contributed by atoms with Crippen LogP contribution in [-0.4, -0.2) is 20.1 Å². The highest BCUT2D eigenvalue weighted by atomic mass is 16.5. The fraction of sp³-hybridized carbons (Fsp3) is 0.190. The van der Waals surface area contributed by atoms with E-state index in [1.54, 1.807) is 49.6 Å². The first-order chi connectivity index (χ1) is 12.6. The Morgan fingerprint density at radius 3 is 2.42 bits per heavy atom. The summed E-state index contributed by atoms with van der Waals surface area (Å²) < 4.78 is 16.1. The van der Waals surface area contributed by atoms with Crippen molar-refractivity contribution in [3.05, 3.63) is 77.7 Å². The number of anilines is 1. The highest BCUT2D eigenvalue weighted by Crippen LogP contribution is 2.28. The van der Waals surface area contributed by atoms with Gasteiger partial charge in [0.2, 0.25) is 0 Å². The monoisotopic (exact) mass is 351 g/mol. The summed E-state index contributed by atoms with van der Waals surface area (Å²) in [5, 5.41) is 0. The predicted octanol–water partition coefficient (Wildman–Crippen LogP) is 4.45. The first kappa shape index (κ1) is 17.6. The largest absolute Gasteiger partial charge is 0.497 e.